The molecule has 4 aromatic heterocycles. The molecule has 0 unspecified atom stereocenters. The molecule has 5 rings (SSSR count). The first kappa shape index (κ1) is 45.9. The third-order valence-electron chi connectivity index (χ3n) is 13.9. The summed E-state index contributed by atoms with van der Waals surface area (Å²) >= 11 is 8.99. The second-order valence-electron chi connectivity index (χ2n) is 17.8. The normalized spacial score (nSPS) is 16.7. The maximum atomic E-state index is 2.66. The van der Waals surface area contributed by atoms with E-state index in [0.717, 1.165) is 0 Å². The van der Waals surface area contributed by atoms with Crippen LogP contribution in [0.15, 0.2) is 48.5 Å². The maximum absolute atomic E-state index is 2.66. The molecule has 0 spiro atoms. The van der Waals surface area contributed by atoms with E-state index in [1.165, 1.54) is 154 Å². The Kier molecular flexibility index (Phi) is 17.9. The zero-order valence-corrected chi connectivity index (χ0v) is 40.5. The Bertz CT molecular complexity index is 1330. The number of unbranched alkanes of at least 4 members (excludes halogenated alkanes) is 8. The molecule has 0 atom stereocenters. The van der Waals surface area contributed by atoms with E-state index < -0.39 is 0 Å². The summed E-state index contributed by atoms with van der Waals surface area (Å²) in [6.07, 6.45) is 30.5. The van der Waals surface area contributed by atoms with E-state index in [0.29, 0.717) is 0 Å². The predicted octanol–water partition coefficient (Wildman–Crippen LogP) is 18.9. The van der Waals surface area contributed by atoms with Crippen molar-refractivity contribution in [1.82, 2.24) is 0 Å². The summed E-state index contributed by atoms with van der Waals surface area (Å²) < 4.78 is 0. The summed E-state index contributed by atoms with van der Waals surface area (Å²) in [5, 5.41) is 0. The smallest absolute Gasteiger partial charge is 0.0390 e. The first-order chi connectivity index (χ1) is 27.3. The van der Waals surface area contributed by atoms with Crippen LogP contribution in [0.2, 0.25) is 0 Å². The summed E-state index contributed by atoms with van der Waals surface area (Å²) in [4.78, 5) is 13.3. The molecule has 0 radical (unpaired) electrons. The van der Waals surface area contributed by atoms with Crippen LogP contribution < -0.4 is 0 Å². The highest BCUT2D eigenvalue weighted by Gasteiger charge is 2.45. The molecule has 0 saturated carbocycles. The molecular weight excluding hydrogens is 753 g/mol. The minimum Gasteiger partial charge on any atom is -0.143 e. The number of hydrogen-bond acceptors (Lipinski definition) is 4. The van der Waals surface area contributed by atoms with Gasteiger partial charge in [-0.3, -0.25) is 0 Å². The fourth-order valence-corrected chi connectivity index (χ4v) is 16.6. The zero-order chi connectivity index (χ0) is 40.1. The molecule has 4 aromatic rings. The third kappa shape index (κ3) is 9.39. The lowest BCUT2D eigenvalue weighted by molar-refractivity contribution is 0.416. The maximum Gasteiger partial charge on any atom is 0.0390 e. The molecule has 0 aliphatic carbocycles. The van der Waals surface area contributed by atoms with Crippen LogP contribution in [0.4, 0.5) is 0 Å². The zero-order valence-electron chi connectivity index (χ0n) is 37.2. The number of rotatable bonds is 24. The van der Waals surface area contributed by atoms with E-state index >= 15 is 0 Å². The number of fused-ring (bicyclic) bond motifs is 8. The SMILES string of the molecule is CCCCC1(CCCC)c2ccc(s2)C(CCCC)(CCCC)c2ccc(s2)C(CCCC)(CCCC)c2ccc(s2)C(CCCC)(CCCC)c2ccc1s2. The van der Waals surface area contributed by atoms with Crippen molar-refractivity contribution in [2.45, 2.75) is 231 Å². The summed E-state index contributed by atoms with van der Waals surface area (Å²) in [6, 6.07) is 21.2. The Morgan fingerprint density at radius 1 is 0.250 bits per heavy atom. The lowest BCUT2D eigenvalue weighted by Gasteiger charge is -2.36. The molecule has 1 aliphatic heterocycles. The van der Waals surface area contributed by atoms with Crippen LogP contribution in [0.1, 0.15) is 249 Å². The van der Waals surface area contributed by atoms with Crippen molar-refractivity contribution in [2.24, 2.45) is 0 Å². The molecule has 0 aromatic carbocycles. The van der Waals surface area contributed by atoms with Crippen molar-refractivity contribution in [3.63, 3.8) is 0 Å². The van der Waals surface area contributed by atoms with Gasteiger partial charge in [-0.2, -0.15) is 0 Å². The van der Waals surface area contributed by atoms with Crippen molar-refractivity contribution in [2.75, 3.05) is 0 Å². The van der Waals surface area contributed by atoms with Gasteiger partial charge in [0, 0.05) is 60.7 Å². The summed E-state index contributed by atoms with van der Waals surface area (Å²) in [5.74, 6) is 0. The average Bonchev–Trinajstić information content (AvgIpc) is 4.07. The van der Waals surface area contributed by atoms with Crippen molar-refractivity contribution in [3.8, 4) is 0 Å². The van der Waals surface area contributed by atoms with Crippen LogP contribution in [0.5, 0.6) is 0 Å². The quantitative estimate of drug-likeness (QED) is 0.0660. The van der Waals surface area contributed by atoms with E-state index in [1.807, 2.05) is 0 Å². The molecular formula is C52H80S4. The van der Waals surface area contributed by atoms with Crippen molar-refractivity contribution in [1.29, 1.82) is 0 Å². The van der Waals surface area contributed by atoms with Gasteiger partial charge in [0.25, 0.3) is 0 Å². The van der Waals surface area contributed by atoms with Gasteiger partial charge in [0.15, 0.2) is 0 Å². The summed E-state index contributed by atoms with van der Waals surface area (Å²) in [7, 11) is 0. The minimum absolute atomic E-state index is 0.0914. The van der Waals surface area contributed by atoms with Gasteiger partial charge in [-0.25, -0.2) is 0 Å². The standard InChI is InChI=1S/C52H80S4/c1-9-17-33-49(34-18-10-2)41-25-27-43(53-41)50(35-19-11-3,36-20-12-4)45-29-31-47(55-45)52(39-23-15-7,40-24-16-8)48-32-30-46(56-48)51(37-21-13-5,38-22-14-6)44-28-26-42(49)54-44/h25-32H,9-24,33-40H2,1-8H3. The molecule has 0 nitrogen and oxygen atoms in total. The first-order valence-corrected chi connectivity index (χ1v) is 27.0. The van der Waals surface area contributed by atoms with Crippen LogP contribution in [0.3, 0.4) is 0 Å². The highest BCUT2D eigenvalue weighted by molar-refractivity contribution is 7.16. The third-order valence-corrected chi connectivity index (χ3v) is 19.8. The van der Waals surface area contributed by atoms with Crippen LogP contribution in [-0.4, -0.2) is 0 Å². The van der Waals surface area contributed by atoms with Crippen LogP contribution in [-0.2, 0) is 21.7 Å². The first-order valence-electron chi connectivity index (χ1n) is 23.8. The summed E-state index contributed by atoms with van der Waals surface area (Å²) in [6.45, 7) is 19.3. The Balaban J connectivity index is 1.91. The van der Waals surface area contributed by atoms with Gasteiger partial charge in [-0.15, -0.1) is 45.3 Å². The van der Waals surface area contributed by atoms with Gasteiger partial charge in [-0.1, -0.05) is 158 Å². The number of thiophene rings is 4. The van der Waals surface area contributed by atoms with E-state index in [4.69, 9.17) is 0 Å². The number of hydrogen-bond donors (Lipinski definition) is 0. The molecule has 56 heavy (non-hydrogen) atoms. The van der Waals surface area contributed by atoms with E-state index in [2.05, 4.69) is 149 Å². The van der Waals surface area contributed by atoms with Crippen molar-refractivity contribution < 1.29 is 0 Å². The van der Waals surface area contributed by atoms with Gasteiger partial charge >= 0.3 is 0 Å². The Hall–Kier alpha value is -1.20. The molecule has 4 heteroatoms. The largest absolute Gasteiger partial charge is 0.143 e. The van der Waals surface area contributed by atoms with Gasteiger partial charge in [-0.05, 0) is 99.9 Å². The van der Waals surface area contributed by atoms with Crippen LogP contribution in [0, 0.1) is 0 Å². The molecule has 0 fully saturated rings. The van der Waals surface area contributed by atoms with Crippen LogP contribution >= 0.6 is 45.3 Å². The van der Waals surface area contributed by atoms with Gasteiger partial charge in [0.1, 0.15) is 0 Å². The van der Waals surface area contributed by atoms with Crippen LogP contribution in [0.25, 0.3) is 0 Å². The van der Waals surface area contributed by atoms with Crippen molar-refractivity contribution >= 4 is 45.3 Å². The van der Waals surface area contributed by atoms with Gasteiger partial charge < -0.3 is 0 Å². The monoisotopic (exact) mass is 833 g/mol. The highest BCUT2D eigenvalue weighted by atomic mass is 32.1. The van der Waals surface area contributed by atoms with Gasteiger partial charge in [0.2, 0.25) is 0 Å². The average molecular weight is 833 g/mol. The lowest BCUT2D eigenvalue weighted by Crippen LogP contribution is -2.28. The molecule has 8 bridgehead atoms. The van der Waals surface area contributed by atoms with Gasteiger partial charge in [0.05, 0.1) is 0 Å². The summed E-state index contributed by atoms with van der Waals surface area (Å²) in [5.41, 5.74) is 0.366. The lowest BCUT2D eigenvalue weighted by atomic mass is 9.74. The Morgan fingerprint density at radius 3 is 0.482 bits per heavy atom. The fourth-order valence-electron chi connectivity index (χ4n) is 10.2. The molecule has 0 saturated heterocycles. The highest BCUT2D eigenvalue weighted by Crippen LogP contribution is 2.57. The van der Waals surface area contributed by atoms with E-state index in [1.54, 1.807) is 39.0 Å². The Morgan fingerprint density at radius 2 is 0.375 bits per heavy atom. The minimum atomic E-state index is 0.0914. The van der Waals surface area contributed by atoms with E-state index in [9.17, 15) is 0 Å². The molecule has 312 valence electrons. The predicted molar refractivity (Wildman–Crippen MR) is 257 cm³/mol. The second-order valence-corrected chi connectivity index (χ2v) is 22.1. The van der Waals surface area contributed by atoms with Crippen molar-refractivity contribution in [3.05, 3.63) is 87.5 Å². The molecule has 5 heterocycles. The second kappa shape index (κ2) is 21.9. The topological polar surface area (TPSA) is 0 Å². The van der Waals surface area contributed by atoms with E-state index in [-0.39, 0.29) is 21.7 Å². The molecule has 0 N–H and O–H groups in total. The molecule has 0 amide bonds. The fraction of sp³-hybridized carbons (Fsp3) is 0.692. The Labute approximate surface area is 361 Å². The molecule has 1 aliphatic rings.